The lowest BCUT2D eigenvalue weighted by Gasteiger charge is -2.14. The van der Waals surface area contributed by atoms with Gasteiger partial charge in [0.1, 0.15) is 0 Å². The summed E-state index contributed by atoms with van der Waals surface area (Å²) in [5, 5.41) is 0.396. The highest BCUT2D eigenvalue weighted by molar-refractivity contribution is 6.30. The first kappa shape index (κ1) is 12.8. The molecule has 0 spiro atoms. The van der Waals surface area contributed by atoms with Crippen LogP contribution in [0.3, 0.4) is 0 Å². The number of benzene rings is 1. The van der Waals surface area contributed by atoms with Gasteiger partial charge in [-0.1, -0.05) is 23.7 Å². The predicted molar refractivity (Wildman–Crippen MR) is 53.5 cm³/mol. The Morgan fingerprint density at radius 3 is 2.81 bits per heavy atom. The molecule has 0 aromatic heterocycles. The first-order chi connectivity index (χ1) is 7.45. The van der Waals surface area contributed by atoms with Crippen molar-refractivity contribution in [2.45, 2.75) is 12.7 Å². The van der Waals surface area contributed by atoms with Gasteiger partial charge in [0.2, 0.25) is 0 Å². The van der Waals surface area contributed by atoms with Gasteiger partial charge in [-0.15, -0.1) is 0 Å². The lowest BCUT2D eigenvalue weighted by Crippen LogP contribution is -2.45. The number of carbonyl (C=O) groups excluding carboxylic acids is 1. The molecule has 1 amide bonds. The SMILES string of the molecule is NNC(=O)C(F)(F)OCc1cccc(Cl)c1. The van der Waals surface area contributed by atoms with Gasteiger partial charge >= 0.3 is 12.0 Å². The molecule has 0 saturated carbocycles. The molecule has 88 valence electrons. The van der Waals surface area contributed by atoms with Gasteiger partial charge < -0.3 is 4.74 Å². The fourth-order valence-electron chi connectivity index (χ4n) is 0.950. The average Bonchev–Trinajstić information content (AvgIpc) is 2.25. The molecule has 0 saturated heterocycles. The molecule has 0 radical (unpaired) electrons. The number of hydrazine groups is 1. The number of ether oxygens (including phenoxy) is 1. The van der Waals surface area contributed by atoms with E-state index in [2.05, 4.69) is 10.6 Å². The minimum absolute atomic E-state index is 0.396. The smallest absolute Gasteiger partial charge is 0.308 e. The van der Waals surface area contributed by atoms with Crippen LogP contribution in [0.4, 0.5) is 8.78 Å². The number of alkyl halides is 2. The van der Waals surface area contributed by atoms with Gasteiger partial charge in [0.25, 0.3) is 0 Å². The maximum absolute atomic E-state index is 12.9. The monoisotopic (exact) mass is 250 g/mol. The average molecular weight is 251 g/mol. The number of halogens is 3. The molecule has 0 fully saturated rings. The molecule has 1 aromatic carbocycles. The van der Waals surface area contributed by atoms with E-state index in [9.17, 15) is 13.6 Å². The molecule has 16 heavy (non-hydrogen) atoms. The van der Waals surface area contributed by atoms with Crippen LogP contribution in [0.2, 0.25) is 5.02 Å². The van der Waals surface area contributed by atoms with Crippen LogP contribution in [0.5, 0.6) is 0 Å². The Hall–Kier alpha value is -1.24. The van der Waals surface area contributed by atoms with Gasteiger partial charge in [0.05, 0.1) is 6.61 Å². The third-order valence-electron chi connectivity index (χ3n) is 1.70. The Kier molecular flexibility index (Phi) is 4.17. The number of nitrogens with two attached hydrogens (primary N) is 1. The standard InChI is InChI=1S/C9H9ClF2N2O2/c10-7-3-1-2-6(4-7)5-16-9(11,12)8(15)14-13/h1-4H,5,13H2,(H,14,15). The zero-order valence-corrected chi connectivity index (χ0v) is 8.80. The molecule has 0 heterocycles. The first-order valence-electron chi connectivity index (χ1n) is 4.23. The molecule has 0 aliphatic heterocycles. The summed E-state index contributed by atoms with van der Waals surface area (Å²) >= 11 is 5.64. The van der Waals surface area contributed by atoms with Crippen molar-refractivity contribution in [3.05, 3.63) is 34.9 Å². The molecule has 4 nitrogen and oxygen atoms in total. The largest absolute Gasteiger partial charge is 0.438 e. The van der Waals surface area contributed by atoms with E-state index in [4.69, 9.17) is 11.6 Å². The van der Waals surface area contributed by atoms with Crippen molar-refractivity contribution >= 4 is 17.5 Å². The van der Waals surface area contributed by atoms with Gasteiger partial charge in [0, 0.05) is 5.02 Å². The normalized spacial score (nSPS) is 11.2. The minimum Gasteiger partial charge on any atom is -0.308 e. The van der Waals surface area contributed by atoms with E-state index in [1.165, 1.54) is 11.5 Å². The van der Waals surface area contributed by atoms with E-state index < -0.39 is 18.6 Å². The van der Waals surface area contributed by atoms with Crippen molar-refractivity contribution in [3.8, 4) is 0 Å². The predicted octanol–water partition coefficient (Wildman–Crippen LogP) is 1.44. The first-order valence-corrected chi connectivity index (χ1v) is 4.61. The number of rotatable bonds is 4. The van der Waals surface area contributed by atoms with Crippen molar-refractivity contribution in [1.29, 1.82) is 0 Å². The Morgan fingerprint density at radius 2 is 2.25 bits per heavy atom. The molecule has 0 bridgehead atoms. The molecule has 7 heteroatoms. The van der Waals surface area contributed by atoms with E-state index in [-0.39, 0.29) is 0 Å². The lowest BCUT2D eigenvalue weighted by molar-refractivity contribution is -0.236. The molecule has 1 rings (SSSR count). The summed E-state index contributed by atoms with van der Waals surface area (Å²) in [5.41, 5.74) is 1.74. The maximum Gasteiger partial charge on any atom is 0.438 e. The van der Waals surface area contributed by atoms with Crippen LogP contribution in [0, 0.1) is 0 Å². The summed E-state index contributed by atoms with van der Waals surface area (Å²) < 4.78 is 29.9. The second-order valence-electron chi connectivity index (χ2n) is 2.91. The summed E-state index contributed by atoms with van der Waals surface area (Å²) in [4.78, 5) is 10.6. The van der Waals surface area contributed by atoms with Crippen LogP contribution < -0.4 is 11.3 Å². The Balaban J connectivity index is 2.61. The van der Waals surface area contributed by atoms with Crippen LogP contribution >= 0.6 is 11.6 Å². The third-order valence-corrected chi connectivity index (χ3v) is 1.94. The summed E-state index contributed by atoms with van der Waals surface area (Å²) in [6.07, 6.45) is -3.96. The minimum atomic E-state index is -3.96. The maximum atomic E-state index is 12.9. The van der Waals surface area contributed by atoms with Crippen LogP contribution in [0.1, 0.15) is 5.56 Å². The van der Waals surface area contributed by atoms with E-state index in [0.29, 0.717) is 10.6 Å². The van der Waals surface area contributed by atoms with Gasteiger partial charge in [0.15, 0.2) is 0 Å². The van der Waals surface area contributed by atoms with Crippen molar-refractivity contribution in [2.24, 2.45) is 5.84 Å². The Morgan fingerprint density at radius 1 is 1.56 bits per heavy atom. The van der Waals surface area contributed by atoms with Gasteiger partial charge in [-0.25, -0.2) is 5.84 Å². The topological polar surface area (TPSA) is 64.3 Å². The van der Waals surface area contributed by atoms with E-state index >= 15 is 0 Å². The fraction of sp³-hybridized carbons (Fsp3) is 0.222. The molecule has 0 atom stereocenters. The van der Waals surface area contributed by atoms with E-state index in [1.807, 2.05) is 0 Å². The van der Waals surface area contributed by atoms with Crippen molar-refractivity contribution in [3.63, 3.8) is 0 Å². The number of amides is 1. The van der Waals surface area contributed by atoms with Gasteiger partial charge in [-0.3, -0.25) is 10.2 Å². The third kappa shape index (κ3) is 3.41. The Labute approximate surface area is 95.3 Å². The summed E-state index contributed by atoms with van der Waals surface area (Å²) in [5.74, 6) is 2.87. The Bertz CT molecular complexity index is 388. The molecular weight excluding hydrogens is 242 g/mol. The van der Waals surface area contributed by atoms with E-state index in [1.54, 1.807) is 18.2 Å². The van der Waals surface area contributed by atoms with Gasteiger partial charge in [-0.2, -0.15) is 8.78 Å². The zero-order valence-electron chi connectivity index (χ0n) is 8.04. The van der Waals surface area contributed by atoms with Crippen LogP contribution in [0.15, 0.2) is 24.3 Å². The van der Waals surface area contributed by atoms with Crippen LogP contribution in [-0.4, -0.2) is 12.0 Å². The van der Waals surface area contributed by atoms with Crippen molar-refractivity contribution < 1.29 is 18.3 Å². The summed E-state index contributed by atoms with van der Waals surface area (Å²) in [7, 11) is 0. The highest BCUT2D eigenvalue weighted by Gasteiger charge is 2.39. The quantitative estimate of drug-likeness (QED) is 0.483. The van der Waals surface area contributed by atoms with Crippen molar-refractivity contribution in [2.75, 3.05) is 0 Å². The van der Waals surface area contributed by atoms with Crippen LogP contribution in [0.25, 0.3) is 0 Å². The fourth-order valence-corrected chi connectivity index (χ4v) is 1.16. The molecule has 0 aliphatic rings. The summed E-state index contributed by atoms with van der Waals surface area (Å²) in [6.45, 7) is -0.443. The van der Waals surface area contributed by atoms with Crippen molar-refractivity contribution in [1.82, 2.24) is 5.43 Å². The molecule has 1 aromatic rings. The second kappa shape index (κ2) is 5.20. The number of hydrogen-bond donors (Lipinski definition) is 2. The van der Waals surface area contributed by atoms with Crippen LogP contribution in [-0.2, 0) is 16.1 Å². The zero-order chi connectivity index (χ0) is 12.2. The highest BCUT2D eigenvalue weighted by atomic mass is 35.5. The number of hydrogen-bond acceptors (Lipinski definition) is 3. The number of nitrogens with one attached hydrogen (secondary N) is 1. The second-order valence-corrected chi connectivity index (χ2v) is 3.35. The molecule has 3 N–H and O–H groups in total. The molecular formula is C9H9ClF2N2O2. The summed E-state index contributed by atoms with van der Waals surface area (Å²) in [6, 6.07) is 6.18. The molecule has 0 aliphatic carbocycles. The van der Waals surface area contributed by atoms with E-state index in [0.717, 1.165) is 0 Å². The highest BCUT2D eigenvalue weighted by Crippen LogP contribution is 2.19. The lowest BCUT2D eigenvalue weighted by atomic mass is 10.2. The number of carbonyl (C=O) groups is 1. The molecule has 0 unspecified atom stereocenters. The van der Waals surface area contributed by atoms with Gasteiger partial charge in [-0.05, 0) is 17.7 Å².